The van der Waals surface area contributed by atoms with Gasteiger partial charge in [0.15, 0.2) is 0 Å². The normalized spacial score (nSPS) is 13.3. The molecule has 0 atom stereocenters. The van der Waals surface area contributed by atoms with E-state index in [9.17, 15) is 18.0 Å². The molecule has 1 N–H and O–H groups in total. The number of carbonyl (C=O) groups excluding carboxylic acids is 1. The van der Waals surface area contributed by atoms with E-state index in [-0.39, 0.29) is 22.6 Å². The molecule has 23 heavy (non-hydrogen) atoms. The second-order valence-electron chi connectivity index (χ2n) is 4.95. The summed E-state index contributed by atoms with van der Waals surface area (Å²) in [4.78, 5) is 12.2. The van der Waals surface area contributed by atoms with Crippen molar-refractivity contribution in [3.05, 3.63) is 53.6 Å². The second kappa shape index (κ2) is 6.16. The van der Waals surface area contributed by atoms with Crippen LogP contribution in [0.5, 0.6) is 5.75 Å². The molecule has 0 saturated heterocycles. The van der Waals surface area contributed by atoms with Crippen LogP contribution in [0.15, 0.2) is 47.4 Å². The lowest BCUT2D eigenvalue weighted by molar-refractivity contribution is -0.0328. The van der Waals surface area contributed by atoms with Crippen LogP contribution >= 0.6 is 11.8 Å². The van der Waals surface area contributed by atoms with E-state index in [1.807, 2.05) is 6.07 Å². The van der Waals surface area contributed by atoms with Crippen LogP contribution in [0.4, 0.5) is 18.9 Å². The summed E-state index contributed by atoms with van der Waals surface area (Å²) in [5, 5.41) is 2.73. The number of nitrogens with one attached hydrogen (secondary N) is 1. The lowest BCUT2D eigenvalue weighted by atomic mass is 10.1. The van der Waals surface area contributed by atoms with Crippen LogP contribution in [0.25, 0.3) is 0 Å². The Morgan fingerprint density at radius 3 is 2.57 bits per heavy atom. The zero-order valence-corrected chi connectivity index (χ0v) is 12.6. The number of hydrogen-bond acceptors (Lipinski definition) is 3. The van der Waals surface area contributed by atoms with E-state index in [0.29, 0.717) is 17.9 Å². The Kier molecular flexibility index (Phi) is 4.21. The second-order valence-corrected chi connectivity index (χ2v) is 6.09. The average Bonchev–Trinajstić information content (AvgIpc) is 2.94. The van der Waals surface area contributed by atoms with E-state index in [1.165, 1.54) is 24.3 Å². The van der Waals surface area contributed by atoms with Crippen LogP contribution in [0.3, 0.4) is 0 Å². The summed E-state index contributed by atoms with van der Waals surface area (Å²) in [7, 11) is 0. The molecule has 1 aliphatic rings. The van der Waals surface area contributed by atoms with Crippen LogP contribution in [0.2, 0.25) is 0 Å². The summed E-state index contributed by atoms with van der Waals surface area (Å²) in [6, 6.07) is 10.7. The maximum atomic E-state index is 12.3. The van der Waals surface area contributed by atoms with Crippen molar-refractivity contribution in [2.24, 2.45) is 0 Å². The summed E-state index contributed by atoms with van der Waals surface area (Å²) in [5.41, 5.74) is -2.38. The smallest absolute Gasteiger partial charge is 0.446 e. The van der Waals surface area contributed by atoms with Gasteiger partial charge in [-0.1, -0.05) is 0 Å². The number of rotatable bonds is 3. The van der Waals surface area contributed by atoms with Gasteiger partial charge in [0.25, 0.3) is 5.91 Å². The molecule has 0 aliphatic carbocycles. The van der Waals surface area contributed by atoms with Crippen LogP contribution in [0, 0.1) is 0 Å². The van der Waals surface area contributed by atoms with E-state index in [0.717, 1.165) is 17.7 Å². The molecule has 2 aromatic rings. The molecule has 0 radical (unpaired) electrons. The van der Waals surface area contributed by atoms with Crippen molar-refractivity contribution in [3.63, 3.8) is 0 Å². The highest BCUT2D eigenvalue weighted by Gasteiger charge is 2.29. The third-order valence-electron chi connectivity index (χ3n) is 3.30. The Labute approximate surface area is 134 Å². The van der Waals surface area contributed by atoms with Crippen molar-refractivity contribution in [1.82, 2.24) is 0 Å². The van der Waals surface area contributed by atoms with Gasteiger partial charge in [-0.3, -0.25) is 4.79 Å². The quantitative estimate of drug-likeness (QED) is 0.838. The van der Waals surface area contributed by atoms with E-state index in [1.54, 1.807) is 12.1 Å². The van der Waals surface area contributed by atoms with Gasteiger partial charge in [-0.15, -0.1) is 0 Å². The minimum atomic E-state index is -4.34. The van der Waals surface area contributed by atoms with Gasteiger partial charge in [0.05, 0.1) is 6.61 Å². The van der Waals surface area contributed by atoms with E-state index in [2.05, 4.69) is 5.32 Å². The Morgan fingerprint density at radius 1 is 1.13 bits per heavy atom. The van der Waals surface area contributed by atoms with Crippen molar-refractivity contribution >= 4 is 23.4 Å². The summed E-state index contributed by atoms with van der Waals surface area (Å²) in [6.07, 6.45) is 0.794. The number of halogens is 3. The molecule has 0 fully saturated rings. The fourth-order valence-electron chi connectivity index (χ4n) is 2.28. The highest BCUT2D eigenvalue weighted by molar-refractivity contribution is 8.00. The summed E-state index contributed by atoms with van der Waals surface area (Å²) >= 11 is -0.207. The highest BCUT2D eigenvalue weighted by atomic mass is 32.2. The molecule has 2 aromatic carbocycles. The fraction of sp³-hybridized carbons (Fsp3) is 0.188. The maximum Gasteiger partial charge on any atom is 0.446 e. The first-order chi connectivity index (χ1) is 10.9. The third kappa shape index (κ3) is 3.98. The van der Waals surface area contributed by atoms with Crippen LogP contribution in [-0.4, -0.2) is 18.0 Å². The van der Waals surface area contributed by atoms with Crippen LogP contribution in [-0.2, 0) is 6.42 Å². The molecule has 1 amide bonds. The standard InChI is InChI=1S/C16H12F3NO2S/c17-16(18,19)23-13-4-1-10(2-5-13)15(21)20-12-3-6-14-11(9-12)7-8-22-14/h1-6,9H,7-8H2,(H,20,21). The molecular formula is C16H12F3NO2S. The third-order valence-corrected chi connectivity index (χ3v) is 4.04. The number of amides is 1. The van der Waals surface area contributed by atoms with Crippen molar-refractivity contribution in [2.75, 3.05) is 11.9 Å². The van der Waals surface area contributed by atoms with E-state index in [4.69, 9.17) is 4.74 Å². The lowest BCUT2D eigenvalue weighted by Gasteiger charge is -2.08. The number of hydrogen-bond donors (Lipinski definition) is 1. The summed E-state index contributed by atoms with van der Waals surface area (Å²) in [5.74, 6) is 0.448. The van der Waals surface area contributed by atoms with Crippen LogP contribution < -0.4 is 10.1 Å². The molecule has 0 saturated carbocycles. The molecule has 1 aliphatic heterocycles. The van der Waals surface area contributed by atoms with Crippen molar-refractivity contribution < 1.29 is 22.7 Å². The number of alkyl halides is 3. The Morgan fingerprint density at radius 2 is 1.87 bits per heavy atom. The van der Waals surface area contributed by atoms with E-state index < -0.39 is 5.51 Å². The Bertz CT molecular complexity index is 729. The Hall–Kier alpha value is -2.15. The molecule has 3 nitrogen and oxygen atoms in total. The van der Waals surface area contributed by atoms with Gasteiger partial charge in [0.2, 0.25) is 0 Å². The fourth-order valence-corrected chi connectivity index (χ4v) is 2.82. The van der Waals surface area contributed by atoms with Gasteiger partial charge in [0, 0.05) is 22.6 Å². The molecule has 120 valence electrons. The molecule has 0 spiro atoms. The monoisotopic (exact) mass is 339 g/mol. The molecule has 0 bridgehead atoms. The SMILES string of the molecule is O=C(Nc1ccc2c(c1)CCO2)c1ccc(SC(F)(F)F)cc1. The van der Waals surface area contributed by atoms with Crippen LogP contribution in [0.1, 0.15) is 15.9 Å². The molecule has 0 aromatic heterocycles. The average molecular weight is 339 g/mol. The predicted octanol–water partition coefficient (Wildman–Crippen LogP) is 4.49. The number of thioether (sulfide) groups is 1. The zero-order valence-electron chi connectivity index (χ0n) is 11.8. The minimum Gasteiger partial charge on any atom is -0.493 e. The zero-order chi connectivity index (χ0) is 16.4. The lowest BCUT2D eigenvalue weighted by Crippen LogP contribution is -2.11. The summed E-state index contributed by atoms with van der Waals surface area (Å²) < 4.78 is 42.2. The van der Waals surface area contributed by atoms with Gasteiger partial charge >= 0.3 is 5.51 Å². The minimum absolute atomic E-state index is 0.0451. The number of benzene rings is 2. The highest BCUT2D eigenvalue weighted by Crippen LogP contribution is 2.36. The van der Waals surface area contributed by atoms with Crippen molar-refractivity contribution in [2.45, 2.75) is 16.8 Å². The van der Waals surface area contributed by atoms with Gasteiger partial charge in [0.1, 0.15) is 5.75 Å². The first-order valence-electron chi connectivity index (χ1n) is 6.84. The Balaban J connectivity index is 1.68. The first-order valence-corrected chi connectivity index (χ1v) is 7.65. The number of fused-ring (bicyclic) bond motifs is 1. The van der Waals surface area contributed by atoms with Gasteiger partial charge in [-0.25, -0.2) is 0 Å². The number of carbonyl (C=O) groups is 1. The van der Waals surface area contributed by atoms with Gasteiger partial charge in [-0.2, -0.15) is 13.2 Å². The first kappa shape index (κ1) is 15.7. The number of anilines is 1. The summed E-state index contributed by atoms with van der Waals surface area (Å²) in [6.45, 7) is 0.630. The maximum absolute atomic E-state index is 12.3. The van der Waals surface area contributed by atoms with E-state index >= 15 is 0 Å². The molecule has 3 rings (SSSR count). The molecular weight excluding hydrogens is 327 g/mol. The topological polar surface area (TPSA) is 38.3 Å². The molecule has 0 unspecified atom stereocenters. The van der Waals surface area contributed by atoms with Gasteiger partial charge < -0.3 is 10.1 Å². The van der Waals surface area contributed by atoms with Gasteiger partial charge in [-0.05, 0) is 59.8 Å². The van der Waals surface area contributed by atoms with Crippen molar-refractivity contribution in [3.8, 4) is 5.75 Å². The predicted molar refractivity (Wildman–Crippen MR) is 81.9 cm³/mol. The number of ether oxygens (including phenoxy) is 1. The van der Waals surface area contributed by atoms with Crippen molar-refractivity contribution in [1.29, 1.82) is 0 Å². The molecule has 7 heteroatoms. The molecule has 1 heterocycles. The largest absolute Gasteiger partial charge is 0.493 e.